The number of nitrogens with one attached hydrogen (secondary N) is 1. The number of nitrogen functional groups attached to an aromatic ring is 2. The van der Waals surface area contributed by atoms with Gasteiger partial charge in [0, 0.05) is 29.7 Å². The second kappa shape index (κ2) is 4.14. The van der Waals surface area contributed by atoms with Gasteiger partial charge >= 0.3 is 0 Å². The predicted molar refractivity (Wildman–Crippen MR) is 70.2 cm³/mol. The van der Waals surface area contributed by atoms with Crippen LogP contribution in [0.25, 0.3) is 11.1 Å². The standard InChI is InChI=1S/C13H15N3/c1-16-13-8-11(15)6-7-12(13)9-2-4-10(14)5-3-9/h2-8,16H,14-15H2,1H3. The van der Waals surface area contributed by atoms with E-state index in [1.807, 2.05) is 49.5 Å². The fourth-order valence-corrected chi connectivity index (χ4v) is 1.68. The van der Waals surface area contributed by atoms with Crippen molar-refractivity contribution in [1.82, 2.24) is 0 Å². The summed E-state index contributed by atoms with van der Waals surface area (Å²) in [5.41, 5.74) is 16.2. The summed E-state index contributed by atoms with van der Waals surface area (Å²) in [7, 11) is 1.88. The van der Waals surface area contributed by atoms with E-state index in [0.29, 0.717) is 0 Å². The Bertz CT molecular complexity index is 489. The largest absolute Gasteiger partial charge is 0.399 e. The topological polar surface area (TPSA) is 64.1 Å². The normalized spacial score (nSPS) is 10.1. The lowest BCUT2D eigenvalue weighted by Gasteiger charge is -2.10. The second-order valence-corrected chi connectivity index (χ2v) is 3.68. The van der Waals surface area contributed by atoms with Gasteiger partial charge in [-0.2, -0.15) is 0 Å². The van der Waals surface area contributed by atoms with E-state index >= 15 is 0 Å². The van der Waals surface area contributed by atoms with Crippen molar-refractivity contribution in [3.63, 3.8) is 0 Å². The molecule has 0 amide bonds. The third kappa shape index (κ3) is 1.93. The van der Waals surface area contributed by atoms with Crippen LogP contribution in [-0.4, -0.2) is 7.05 Å². The van der Waals surface area contributed by atoms with Crippen LogP contribution in [0, 0.1) is 0 Å². The molecule has 0 radical (unpaired) electrons. The predicted octanol–water partition coefficient (Wildman–Crippen LogP) is 2.56. The molecule has 0 unspecified atom stereocenters. The summed E-state index contributed by atoms with van der Waals surface area (Å²) in [4.78, 5) is 0. The maximum Gasteiger partial charge on any atom is 0.0437 e. The number of rotatable bonds is 2. The Balaban J connectivity index is 2.51. The van der Waals surface area contributed by atoms with Crippen molar-refractivity contribution in [2.24, 2.45) is 0 Å². The highest BCUT2D eigenvalue weighted by Gasteiger charge is 2.03. The van der Waals surface area contributed by atoms with Gasteiger partial charge in [-0.05, 0) is 29.8 Å². The zero-order valence-electron chi connectivity index (χ0n) is 9.20. The molecule has 3 nitrogen and oxygen atoms in total. The van der Waals surface area contributed by atoms with Crippen molar-refractivity contribution in [1.29, 1.82) is 0 Å². The fourth-order valence-electron chi connectivity index (χ4n) is 1.68. The van der Waals surface area contributed by atoms with Crippen molar-refractivity contribution in [3.05, 3.63) is 42.5 Å². The summed E-state index contributed by atoms with van der Waals surface area (Å²) in [6.07, 6.45) is 0. The fraction of sp³-hybridized carbons (Fsp3) is 0.0769. The highest BCUT2D eigenvalue weighted by atomic mass is 14.8. The summed E-state index contributed by atoms with van der Waals surface area (Å²) in [5.74, 6) is 0. The van der Waals surface area contributed by atoms with Gasteiger partial charge in [0.1, 0.15) is 0 Å². The Hall–Kier alpha value is -2.16. The van der Waals surface area contributed by atoms with Crippen LogP contribution in [0.3, 0.4) is 0 Å². The molecule has 0 fully saturated rings. The van der Waals surface area contributed by atoms with Crippen LogP contribution in [0.4, 0.5) is 17.1 Å². The molecule has 0 aliphatic rings. The summed E-state index contributed by atoms with van der Waals surface area (Å²) >= 11 is 0. The lowest BCUT2D eigenvalue weighted by molar-refractivity contribution is 1.50. The average Bonchev–Trinajstić information content (AvgIpc) is 2.30. The van der Waals surface area contributed by atoms with Crippen LogP contribution < -0.4 is 16.8 Å². The lowest BCUT2D eigenvalue weighted by Crippen LogP contribution is -1.94. The number of anilines is 3. The molecule has 0 saturated heterocycles. The SMILES string of the molecule is CNc1cc(N)ccc1-c1ccc(N)cc1. The van der Waals surface area contributed by atoms with Crippen molar-refractivity contribution >= 4 is 17.1 Å². The minimum absolute atomic E-state index is 0.753. The molecule has 0 atom stereocenters. The van der Waals surface area contributed by atoms with Crippen molar-refractivity contribution in [2.75, 3.05) is 23.8 Å². The maximum atomic E-state index is 5.75. The zero-order valence-corrected chi connectivity index (χ0v) is 9.20. The number of hydrogen-bond donors (Lipinski definition) is 3. The van der Waals surface area contributed by atoms with Crippen LogP contribution in [-0.2, 0) is 0 Å². The van der Waals surface area contributed by atoms with Gasteiger partial charge < -0.3 is 16.8 Å². The lowest BCUT2D eigenvalue weighted by atomic mass is 10.0. The zero-order chi connectivity index (χ0) is 11.5. The van der Waals surface area contributed by atoms with Crippen molar-refractivity contribution in [3.8, 4) is 11.1 Å². The van der Waals surface area contributed by atoms with Crippen LogP contribution in [0.1, 0.15) is 0 Å². The first-order valence-corrected chi connectivity index (χ1v) is 5.14. The van der Waals surface area contributed by atoms with Gasteiger partial charge in [-0.3, -0.25) is 0 Å². The van der Waals surface area contributed by atoms with E-state index in [4.69, 9.17) is 11.5 Å². The quantitative estimate of drug-likeness (QED) is 0.672. The second-order valence-electron chi connectivity index (χ2n) is 3.68. The van der Waals surface area contributed by atoms with Crippen molar-refractivity contribution in [2.45, 2.75) is 0 Å². The summed E-state index contributed by atoms with van der Waals surface area (Å²) in [6, 6.07) is 13.6. The minimum atomic E-state index is 0.753. The van der Waals surface area contributed by atoms with Crippen LogP contribution in [0.2, 0.25) is 0 Å². The minimum Gasteiger partial charge on any atom is -0.399 e. The molecule has 0 spiro atoms. The molecule has 2 rings (SSSR count). The Kier molecular flexibility index (Phi) is 2.68. The Morgan fingerprint density at radius 3 is 2.12 bits per heavy atom. The molecule has 0 aromatic heterocycles. The maximum absolute atomic E-state index is 5.75. The van der Waals surface area contributed by atoms with Crippen LogP contribution >= 0.6 is 0 Å². The smallest absolute Gasteiger partial charge is 0.0437 e. The van der Waals surface area contributed by atoms with E-state index in [-0.39, 0.29) is 0 Å². The average molecular weight is 213 g/mol. The molecule has 0 heterocycles. The van der Waals surface area contributed by atoms with E-state index in [2.05, 4.69) is 5.32 Å². The third-order valence-corrected chi connectivity index (χ3v) is 2.53. The Morgan fingerprint density at radius 2 is 1.50 bits per heavy atom. The van der Waals surface area contributed by atoms with Gasteiger partial charge in [-0.1, -0.05) is 18.2 Å². The molecular formula is C13H15N3. The van der Waals surface area contributed by atoms with Gasteiger partial charge in [0.15, 0.2) is 0 Å². The van der Waals surface area contributed by atoms with Gasteiger partial charge in [0.25, 0.3) is 0 Å². The molecule has 0 saturated carbocycles. The van der Waals surface area contributed by atoms with E-state index in [1.165, 1.54) is 0 Å². The van der Waals surface area contributed by atoms with Crippen LogP contribution in [0.15, 0.2) is 42.5 Å². The van der Waals surface area contributed by atoms with E-state index in [0.717, 1.165) is 28.2 Å². The number of nitrogens with two attached hydrogens (primary N) is 2. The summed E-state index contributed by atoms with van der Waals surface area (Å²) in [6.45, 7) is 0. The first kappa shape index (κ1) is 10.4. The van der Waals surface area contributed by atoms with E-state index in [9.17, 15) is 0 Å². The summed E-state index contributed by atoms with van der Waals surface area (Å²) < 4.78 is 0. The molecule has 16 heavy (non-hydrogen) atoms. The molecule has 82 valence electrons. The highest BCUT2D eigenvalue weighted by Crippen LogP contribution is 2.29. The number of benzene rings is 2. The molecule has 5 N–H and O–H groups in total. The molecule has 2 aromatic carbocycles. The summed E-state index contributed by atoms with van der Waals surface area (Å²) in [5, 5.41) is 3.14. The molecule has 0 aliphatic heterocycles. The van der Waals surface area contributed by atoms with E-state index in [1.54, 1.807) is 0 Å². The molecular weight excluding hydrogens is 198 g/mol. The monoisotopic (exact) mass is 213 g/mol. The van der Waals surface area contributed by atoms with Gasteiger partial charge in [-0.25, -0.2) is 0 Å². The number of hydrogen-bond acceptors (Lipinski definition) is 3. The first-order chi connectivity index (χ1) is 7.70. The molecule has 3 heteroatoms. The Morgan fingerprint density at radius 1 is 0.875 bits per heavy atom. The Labute approximate surface area is 95.1 Å². The third-order valence-electron chi connectivity index (χ3n) is 2.53. The van der Waals surface area contributed by atoms with Crippen LogP contribution in [0.5, 0.6) is 0 Å². The van der Waals surface area contributed by atoms with E-state index < -0.39 is 0 Å². The molecule has 0 bridgehead atoms. The van der Waals surface area contributed by atoms with Crippen molar-refractivity contribution < 1.29 is 0 Å². The van der Waals surface area contributed by atoms with Gasteiger partial charge in [0.2, 0.25) is 0 Å². The molecule has 2 aromatic rings. The first-order valence-electron chi connectivity index (χ1n) is 5.14. The molecule has 0 aliphatic carbocycles. The van der Waals surface area contributed by atoms with Gasteiger partial charge in [-0.15, -0.1) is 0 Å². The highest BCUT2D eigenvalue weighted by molar-refractivity contribution is 5.80. The van der Waals surface area contributed by atoms with Gasteiger partial charge in [0.05, 0.1) is 0 Å².